The van der Waals surface area contributed by atoms with Crippen LogP contribution in [0.25, 0.3) is 0 Å². The Balaban J connectivity index is 2.56. The van der Waals surface area contributed by atoms with Crippen molar-refractivity contribution in [3.63, 3.8) is 0 Å². The number of rotatable bonds is 6. The van der Waals surface area contributed by atoms with Gasteiger partial charge in [-0.05, 0) is 25.2 Å². The van der Waals surface area contributed by atoms with Crippen LogP contribution in [0.15, 0.2) is 18.2 Å². The Kier molecular flexibility index (Phi) is 6.13. The Labute approximate surface area is 117 Å². The molecule has 0 aliphatic rings. The number of halogens is 1. The Bertz CT molecular complexity index is 485. The van der Waals surface area contributed by atoms with Gasteiger partial charge in [0.25, 0.3) is 0 Å². The van der Waals surface area contributed by atoms with E-state index < -0.39 is 5.97 Å². The first-order chi connectivity index (χ1) is 9.08. The molecule has 6 heteroatoms. The SMILES string of the molecule is COC(=O)c1ccc(OCCN(C)CC#N)c(Cl)c1. The number of hydrogen-bond donors (Lipinski definition) is 0. The smallest absolute Gasteiger partial charge is 0.337 e. The number of carbonyl (C=O) groups is 1. The van der Waals surface area contributed by atoms with Crippen molar-refractivity contribution in [2.75, 3.05) is 33.9 Å². The third kappa shape index (κ3) is 4.78. The molecular weight excluding hydrogens is 268 g/mol. The molecule has 19 heavy (non-hydrogen) atoms. The van der Waals surface area contributed by atoms with Gasteiger partial charge in [-0.1, -0.05) is 11.6 Å². The maximum absolute atomic E-state index is 11.3. The van der Waals surface area contributed by atoms with E-state index in [1.165, 1.54) is 13.2 Å². The lowest BCUT2D eigenvalue weighted by Gasteiger charge is -2.14. The molecule has 5 nitrogen and oxygen atoms in total. The molecule has 1 rings (SSSR count). The van der Waals surface area contributed by atoms with Gasteiger partial charge in [-0.15, -0.1) is 0 Å². The molecule has 0 spiro atoms. The molecular formula is C13H15ClN2O3. The number of esters is 1. The fourth-order valence-electron chi connectivity index (χ4n) is 1.37. The van der Waals surface area contributed by atoms with Gasteiger partial charge >= 0.3 is 5.97 Å². The second-order valence-corrected chi connectivity index (χ2v) is 4.29. The van der Waals surface area contributed by atoms with Crippen LogP contribution in [0.2, 0.25) is 5.02 Å². The number of likely N-dealkylation sites (N-methyl/N-ethyl adjacent to an activating group) is 1. The lowest BCUT2D eigenvalue weighted by atomic mass is 10.2. The van der Waals surface area contributed by atoms with E-state index in [4.69, 9.17) is 21.6 Å². The number of benzene rings is 1. The first-order valence-corrected chi connectivity index (χ1v) is 6.02. The molecule has 0 atom stereocenters. The molecule has 0 radical (unpaired) electrons. The zero-order valence-electron chi connectivity index (χ0n) is 10.9. The van der Waals surface area contributed by atoms with Crippen LogP contribution in [-0.4, -0.2) is 44.7 Å². The van der Waals surface area contributed by atoms with Crippen molar-refractivity contribution in [1.82, 2.24) is 4.90 Å². The summed E-state index contributed by atoms with van der Waals surface area (Å²) in [7, 11) is 3.14. The van der Waals surface area contributed by atoms with Crippen molar-refractivity contribution in [2.24, 2.45) is 0 Å². The van der Waals surface area contributed by atoms with Crippen LogP contribution < -0.4 is 4.74 Å². The van der Waals surface area contributed by atoms with Gasteiger partial charge in [0.2, 0.25) is 0 Å². The van der Waals surface area contributed by atoms with Crippen LogP contribution in [0.4, 0.5) is 0 Å². The second kappa shape index (κ2) is 7.62. The van der Waals surface area contributed by atoms with Crippen molar-refractivity contribution < 1.29 is 14.3 Å². The van der Waals surface area contributed by atoms with E-state index >= 15 is 0 Å². The van der Waals surface area contributed by atoms with Gasteiger partial charge in [0.05, 0.1) is 30.3 Å². The van der Waals surface area contributed by atoms with Gasteiger partial charge in [-0.25, -0.2) is 4.79 Å². The maximum atomic E-state index is 11.3. The summed E-state index contributed by atoms with van der Waals surface area (Å²) < 4.78 is 10.1. The molecule has 0 aromatic heterocycles. The molecule has 0 heterocycles. The van der Waals surface area contributed by atoms with Crippen LogP contribution >= 0.6 is 11.6 Å². The molecule has 0 aliphatic carbocycles. The number of nitrogens with zero attached hydrogens (tertiary/aromatic N) is 2. The van der Waals surface area contributed by atoms with Gasteiger partial charge in [0.15, 0.2) is 0 Å². The Hall–Kier alpha value is -1.77. The summed E-state index contributed by atoms with van der Waals surface area (Å²) in [6.07, 6.45) is 0. The van der Waals surface area contributed by atoms with E-state index in [1.807, 2.05) is 18.0 Å². The largest absolute Gasteiger partial charge is 0.491 e. The van der Waals surface area contributed by atoms with Gasteiger partial charge in [0, 0.05) is 6.54 Å². The zero-order valence-corrected chi connectivity index (χ0v) is 11.6. The van der Waals surface area contributed by atoms with Crippen LogP contribution in [0.3, 0.4) is 0 Å². The van der Waals surface area contributed by atoms with E-state index in [9.17, 15) is 4.79 Å². The van der Waals surface area contributed by atoms with Gasteiger partial charge in [-0.2, -0.15) is 5.26 Å². The quantitative estimate of drug-likeness (QED) is 0.589. The van der Waals surface area contributed by atoms with Gasteiger partial charge in [0.1, 0.15) is 12.4 Å². The summed E-state index contributed by atoms with van der Waals surface area (Å²) in [6.45, 7) is 1.37. The number of nitriles is 1. The average molecular weight is 283 g/mol. The predicted molar refractivity (Wildman–Crippen MR) is 71.4 cm³/mol. The highest BCUT2D eigenvalue weighted by molar-refractivity contribution is 6.32. The summed E-state index contributed by atoms with van der Waals surface area (Å²) in [5.41, 5.74) is 0.376. The molecule has 0 saturated heterocycles. The number of hydrogen-bond acceptors (Lipinski definition) is 5. The van der Waals surface area contributed by atoms with Gasteiger partial charge < -0.3 is 9.47 Å². The molecule has 102 valence electrons. The lowest BCUT2D eigenvalue weighted by Crippen LogP contribution is -2.24. The van der Waals surface area contributed by atoms with E-state index in [0.717, 1.165) is 0 Å². The highest BCUT2D eigenvalue weighted by Crippen LogP contribution is 2.25. The van der Waals surface area contributed by atoms with Crippen molar-refractivity contribution in [2.45, 2.75) is 0 Å². The minimum absolute atomic E-state index is 0.346. The summed E-state index contributed by atoms with van der Waals surface area (Å²) in [5, 5.41) is 8.86. The third-order valence-electron chi connectivity index (χ3n) is 2.42. The highest BCUT2D eigenvalue weighted by Gasteiger charge is 2.09. The summed E-state index contributed by atoms with van der Waals surface area (Å²) >= 11 is 6.01. The molecule has 0 fully saturated rings. The predicted octanol–water partition coefficient (Wildman–Crippen LogP) is 1.96. The van der Waals surface area contributed by atoms with E-state index in [0.29, 0.717) is 36.0 Å². The molecule has 0 aliphatic heterocycles. The average Bonchev–Trinajstić information content (AvgIpc) is 2.40. The molecule has 0 amide bonds. The molecule has 1 aromatic carbocycles. The maximum Gasteiger partial charge on any atom is 0.337 e. The van der Waals surface area contributed by atoms with Crippen molar-refractivity contribution in [1.29, 1.82) is 5.26 Å². The fraction of sp³-hybridized carbons (Fsp3) is 0.385. The minimum atomic E-state index is -0.442. The fourth-order valence-corrected chi connectivity index (χ4v) is 1.61. The number of carbonyl (C=O) groups excluding carboxylic acids is 1. The Morgan fingerprint density at radius 1 is 1.53 bits per heavy atom. The second-order valence-electron chi connectivity index (χ2n) is 3.88. The third-order valence-corrected chi connectivity index (χ3v) is 2.72. The number of methoxy groups -OCH3 is 1. The first kappa shape index (κ1) is 15.3. The van der Waals surface area contributed by atoms with Gasteiger partial charge in [-0.3, -0.25) is 4.90 Å². The van der Waals surface area contributed by atoms with E-state index in [1.54, 1.807) is 12.1 Å². The molecule has 0 saturated carbocycles. The van der Waals surface area contributed by atoms with Crippen molar-refractivity contribution in [3.05, 3.63) is 28.8 Å². The summed E-state index contributed by atoms with van der Waals surface area (Å²) in [5.74, 6) is 0.0573. The summed E-state index contributed by atoms with van der Waals surface area (Å²) in [4.78, 5) is 13.1. The monoisotopic (exact) mass is 282 g/mol. The Morgan fingerprint density at radius 3 is 2.84 bits per heavy atom. The standard InChI is InChI=1S/C13H15ClN2O3/c1-16(6-5-15)7-8-19-12-4-3-10(9-11(12)14)13(17)18-2/h3-4,9H,6-8H2,1-2H3. The van der Waals surface area contributed by atoms with E-state index in [2.05, 4.69) is 4.74 Å². The van der Waals surface area contributed by atoms with Crippen molar-refractivity contribution >= 4 is 17.6 Å². The molecule has 1 aromatic rings. The highest BCUT2D eigenvalue weighted by atomic mass is 35.5. The summed E-state index contributed by atoms with van der Waals surface area (Å²) in [6, 6.07) is 6.76. The molecule has 0 unspecified atom stereocenters. The van der Waals surface area contributed by atoms with Crippen LogP contribution in [-0.2, 0) is 4.74 Å². The number of ether oxygens (including phenoxy) is 2. The van der Waals surface area contributed by atoms with E-state index in [-0.39, 0.29) is 0 Å². The van der Waals surface area contributed by atoms with Crippen molar-refractivity contribution in [3.8, 4) is 11.8 Å². The van der Waals surface area contributed by atoms with Crippen LogP contribution in [0, 0.1) is 11.3 Å². The normalized spacial score (nSPS) is 10.1. The molecule has 0 N–H and O–H groups in total. The minimum Gasteiger partial charge on any atom is -0.491 e. The first-order valence-electron chi connectivity index (χ1n) is 5.64. The Morgan fingerprint density at radius 2 is 2.26 bits per heavy atom. The molecule has 0 bridgehead atoms. The lowest BCUT2D eigenvalue weighted by molar-refractivity contribution is 0.0600. The van der Waals surface area contributed by atoms with Crippen LogP contribution in [0.1, 0.15) is 10.4 Å². The zero-order chi connectivity index (χ0) is 14.3. The van der Waals surface area contributed by atoms with Crippen LogP contribution in [0.5, 0.6) is 5.75 Å². The topological polar surface area (TPSA) is 62.6 Å².